The fourth-order valence-electron chi connectivity index (χ4n) is 7.37. The number of carbonyl (C=O) groups is 3. The predicted octanol–water partition coefficient (Wildman–Crippen LogP) is 3.85. The number of hydrogen-bond acceptors (Lipinski definition) is 5. The number of hydrogen-bond donors (Lipinski definition) is 2. The van der Waals surface area contributed by atoms with Crippen LogP contribution in [-0.4, -0.2) is 45.8 Å². The van der Waals surface area contributed by atoms with Crippen molar-refractivity contribution in [2.24, 2.45) is 28.6 Å². The Labute approximate surface area is 183 Å². The van der Waals surface area contributed by atoms with E-state index >= 15 is 8.78 Å². The number of aliphatic hydroxyl groups excluding tert-OH is 1. The number of ether oxygens (including phenoxy) is 1. The molecule has 31 heavy (non-hydrogen) atoms. The zero-order chi connectivity index (χ0) is 23.1. The molecular weight excluding hydrogens is 433 g/mol. The zero-order valence-corrected chi connectivity index (χ0v) is 18.3. The lowest BCUT2D eigenvalue weighted by atomic mass is 9.44. The molecule has 0 aromatic rings. The molecule has 3 saturated carbocycles. The number of halogens is 3. The minimum absolute atomic E-state index is 0.0147. The highest BCUT2D eigenvalue weighted by Crippen LogP contribution is 2.71. The standard InChI is InChI=1S/C22H25F3O5S/c1-10-6-12-13-8-15(23)14-7-11(26)4-5-19(14,2)21(13,25)16(27)9-20(12,3)22(10,17(28)31)30-18(24)29/h4-5,7,10,12-13,15-16,27H,6,8-9H2,1-3H3,(H,28,31)/t10-,12?,13?,15+,16+,19?,20?,21+,22+/m1/s1. The summed E-state index contributed by atoms with van der Waals surface area (Å²) in [6, 6.07) is 0. The van der Waals surface area contributed by atoms with Crippen molar-refractivity contribution in [3.05, 3.63) is 23.8 Å². The molecule has 4 unspecified atom stereocenters. The van der Waals surface area contributed by atoms with E-state index in [1.807, 2.05) is 0 Å². The van der Waals surface area contributed by atoms with Crippen molar-refractivity contribution in [3.63, 3.8) is 0 Å². The van der Waals surface area contributed by atoms with Crippen LogP contribution < -0.4 is 0 Å². The van der Waals surface area contributed by atoms with Crippen molar-refractivity contribution >= 4 is 29.8 Å². The summed E-state index contributed by atoms with van der Waals surface area (Å²) in [4.78, 5) is 35.8. The maximum Gasteiger partial charge on any atom is 0.496 e. The van der Waals surface area contributed by atoms with Crippen LogP contribution in [0.5, 0.6) is 0 Å². The number of fused-ring (bicyclic) bond motifs is 5. The lowest BCUT2D eigenvalue weighted by Crippen LogP contribution is -2.70. The predicted molar refractivity (Wildman–Crippen MR) is 107 cm³/mol. The highest BCUT2D eigenvalue weighted by atomic mass is 32.1. The third-order valence-corrected chi connectivity index (χ3v) is 9.06. The molecule has 170 valence electrons. The molecule has 5 nitrogen and oxygen atoms in total. The summed E-state index contributed by atoms with van der Waals surface area (Å²) < 4.78 is 50.7. The van der Waals surface area contributed by atoms with Crippen molar-refractivity contribution < 1.29 is 37.4 Å². The van der Waals surface area contributed by atoms with Gasteiger partial charge in [0.15, 0.2) is 17.1 Å². The highest BCUT2D eigenvalue weighted by molar-refractivity contribution is 7.96. The van der Waals surface area contributed by atoms with Crippen molar-refractivity contribution in [3.8, 4) is 0 Å². The third-order valence-electron chi connectivity index (χ3n) is 8.73. The molecule has 0 bridgehead atoms. The first-order chi connectivity index (χ1) is 14.3. The Balaban J connectivity index is 1.89. The molecule has 0 spiro atoms. The molecule has 0 aromatic carbocycles. The zero-order valence-electron chi connectivity index (χ0n) is 17.4. The second-order valence-electron chi connectivity index (χ2n) is 9.88. The number of allylic oxidation sites excluding steroid dienone is 4. The monoisotopic (exact) mass is 458 g/mol. The van der Waals surface area contributed by atoms with Crippen LogP contribution in [0.15, 0.2) is 23.8 Å². The SMILES string of the molecule is C[C@@H]1CC2C3C[C@H](F)C4=CC(=O)C=CC4(C)[C@@]3(F)[C@@H](O)CC2(C)[C@@]1(OC(=O)F)C(=O)S. The number of alkyl halides is 2. The molecule has 4 aliphatic carbocycles. The molecule has 4 aliphatic rings. The van der Waals surface area contributed by atoms with Crippen LogP contribution >= 0.6 is 12.6 Å². The minimum Gasteiger partial charge on any atom is -0.424 e. The summed E-state index contributed by atoms with van der Waals surface area (Å²) in [5.74, 6) is -2.94. The summed E-state index contributed by atoms with van der Waals surface area (Å²) in [5.41, 5.74) is -7.30. The first kappa shape index (κ1) is 22.6. The Morgan fingerprint density at radius 2 is 1.90 bits per heavy atom. The minimum atomic E-state index is -2.34. The molecule has 0 radical (unpaired) electrons. The van der Waals surface area contributed by atoms with Crippen molar-refractivity contribution in [1.82, 2.24) is 0 Å². The topological polar surface area (TPSA) is 80.7 Å². The van der Waals surface area contributed by atoms with Gasteiger partial charge in [-0.05, 0) is 49.8 Å². The summed E-state index contributed by atoms with van der Waals surface area (Å²) in [7, 11) is 0. The van der Waals surface area contributed by atoms with Gasteiger partial charge in [-0.15, -0.1) is 17.0 Å². The third kappa shape index (κ3) is 2.53. The first-order valence-corrected chi connectivity index (χ1v) is 10.8. The number of rotatable bonds is 2. The smallest absolute Gasteiger partial charge is 0.424 e. The fourth-order valence-corrected chi connectivity index (χ4v) is 7.89. The van der Waals surface area contributed by atoms with Crippen LogP contribution in [0.1, 0.15) is 40.0 Å². The molecule has 9 atom stereocenters. The maximum atomic E-state index is 17.0. The molecule has 0 saturated heterocycles. The number of ketones is 1. The highest BCUT2D eigenvalue weighted by Gasteiger charge is 2.78. The number of thiol groups is 1. The Kier molecular flexibility index (Phi) is 4.88. The van der Waals surface area contributed by atoms with E-state index in [0.717, 1.165) is 6.08 Å². The largest absolute Gasteiger partial charge is 0.496 e. The molecule has 0 heterocycles. The number of carbonyl (C=O) groups excluding carboxylic acids is 3. The summed E-state index contributed by atoms with van der Waals surface area (Å²) >= 11 is 3.88. The Morgan fingerprint density at radius 1 is 1.26 bits per heavy atom. The van der Waals surface area contributed by atoms with E-state index in [-0.39, 0.29) is 24.8 Å². The van der Waals surface area contributed by atoms with Crippen LogP contribution in [-0.2, 0) is 14.3 Å². The molecule has 0 aromatic heterocycles. The molecule has 4 rings (SSSR count). The lowest BCUT2D eigenvalue weighted by Gasteiger charge is -2.63. The van der Waals surface area contributed by atoms with Gasteiger partial charge in [0.1, 0.15) is 6.17 Å². The van der Waals surface area contributed by atoms with E-state index in [1.54, 1.807) is 13.8 Å². The maximum absolute atomic E-state index is 17.0. The van der Waals surface area contributed by atoms with E-state index in [0.29, 0.717) is 0 Å². The van der Waals surface area contributed by atoms with E-state index in [4.69, 9.17) is 4.74 Å². The quantitative estimate of drug-likeness (QED) is 0.485. The van der Waals surface area contributed by atoms with Gasteiger partial charge in [-0.2, -0.15) is 0 Å². The van der Waals surface area contributed by atoms with Gasteiger partial charge >= 0.3 is 6.22 Å². The Morgan fingerprint density at radius 3 is 2.48 bits per heavy atom. The van der Waals surface area contributed by atoms with Gasteiger partial charge in [0.05, 0.1) is 6.10 Å². The second-order valence-corrected chi connectivity index (χ2v) is 10.3. The van der Waals surface area contributed by atoms with E-state index in [2.05, 4.69) is 12.6 Å². The van der Waals surface area contributed by atoms with Gasteiger partial charge in [0.2, 0.25) is 5.12 Å². The average molecular weight is 458 g/mol. The fraction of sp³-hybridized carbons (Fsp3) is 0.682. The molecule has 1 N–H and O–H groups in total. The Hall–Kier alpha value is -1.61. The molecule has 0 amide bonds. The lowest BCUT2D eigenvalue weighted by molar-refractivity contribution is -0.221. The molecule has 3 fully saturated rings. The molecule has 0 aliphatic heterocycles. The van der Waals surface area contributed by atoms with Gasteiger partial charge in [0, 0.05) is 22.7 Å². The van der Waals surface area contributed by atoms with Crippen molar-refractivity contribution in [2.45, 2.75) is 63.6 Å². The van der Waals surface area contributed by atoms with Crippen molar-refractivity contribution in [1.29, 1.82) is 0 Å². The average Bonchev–Trinajstić information content (AvgIpc) is 2.87. The van der Waals surface area contributed by atoms with Gasteiger partial charge in [-0.3, -0.25) is 9.59 Å². The van der Waals surface area contributed by atoms with E-state index < -0.39 is 69.3 Å². The van der Waals surface area contributed by atoms with Crippen LogP contribution in [0.25, 0.3) is 0 Å². The van der Waals surface area contributed by atoms with Gasteiger partial charge < -0.3 is 9.84 Å². The Bertz CT molecular complexity index is 936. The first-order valence-electron chi connectivity index (χ1n) is 10.3. The van der Waals surface area contributed by atoms with Crippen LogP contribution in [0, 0.1) is 28.6 Å². The summed E-state index contributed by atoms with van der Waals surface area (Å²) in [6.07, 6.45) is -2.40. The molecule has 9 heteroatoms. The summed E-state index contributed by atoms with van der Waals surface area (Å²) in [5, 5.41) is 10.3. The normalized spacial score (nSPS) is 50.8. The van der Waals surface area contributed by atoms with E-state index in [1.165, 1.54) is 19.1 Å². The van der Waals surface area contributed by atoms with Gasteiger partial charge in [-0.25, -0.2) is 13.6 Å². The van der Waals surface area contributed by atoms with Gasteiger partial charge in [0.25, 0.3) is 0 Å². The van der Waals surface area contributed by atoms with Crippen LogP contribution in [0.3, 0.4) is 0 Å². The van der Waals surface area contributed by atoms with Crippen LogP contribution in [0.4, 0.5) is 18.0 Å². The molecular formula is C22H25F3O5S. The van der Waals surface area contributed by atoms with Crippen molar-refractivity contribution in [2.75, 3.05) is 0 Å². The summed E-state index contributed by atoms with van der Waals surface area (Å²) in [6.45, 7) is 4.58. The van der Waals surface area contributed by atoms with E-state index in [9.17, 15) is 23.9 Å². The van der Waals surface area contributed by atoms with Gasteiger partial charge in [-0.1, -0.05) is 19.9 Å². The second kappa shape index (κ2) is 6.70. The van der Waals surface area contributed by atoms with Crippen LogP contribution in [0.2, 0.25) is 0 Å². The number of aliphatic hydroxyl groups is 1.